The van der Waals surface area contributed by atoms with E-state index in [4.69, 9.17) is 11.6 Å². The van der Waals surface area contributed by atoms with Crippen molar-refractivity contribution in [3.63, 3.8) is 0 Å². The highest BCUT2D eigenvalue weighted by Crippen LogP contribution is 2.22. The molecule has 0 aliphatic rings. The molecule has 18 heavy (non-hydrogen) atoms. The van der Waals surface area contributed by atoms with Crippen LogP contribution in [0.1, 0.15) is 33.6 Å². The van der Waals surface area contributed by atoms with Gasteiger partial charge in [-0.15, -0.1) is 0 Å². The third-order valence-electron chi connectivity index (χ3n) is 2.85. The Morgan fingerprint density at radius 3 is 2.61 bits per heavy atom. The van der Waals surface area contributed by atoms with Crippen LogP contribution < -0.4 is 5.32 Å². The molecule has 1 N–H and O–H groups in total. The lowest BCUT2D eigenvalue weighted by atomic mass is 10.2. The van der Waals surface area contributed by atoms with Gasteiger partial charge < -0.3 is 5.32 Å². The van der Waals surface area contributed by atoms with Crippen molar-refractivity contribution < 1.29 is 4.21 Å². The summed E-state index contributed by atoms with van der Waals surface area (Å²) in [5.74, 6) is 0. The second-order valence-electron chi connectivity index (χ2n) is 4.63. The fraction of sp³-hybridized carbons (Fsp3) is 0.571. The molecular formula is C14H22ClNOS. The molecule has 3 atom stereocenters. The fourth-order valence-electron chi connectivity index (χ4n) is 1.88. The van der Waals surface area contributed by atoms with Crippen LogP contribution in [0.4, 0.5) is 0 Å². The van der Waals surface area contributed by atoms with Crippen molar-refractivity contribution in [2.24, 2.45) is 0 Å². The average Bonchev–Trinajstić information content (AvgIpc) is 2.36. The average molecular weight is 288 g/mol. The number of hydrogen-bond donors (Lipinski definition) is 1. The maximum absolute atomic E-state index is 12.4. The minimum absolute atomic E-state index is 0.101. The van der Waals surface area contributed by atoms with E-state index in [1.54, 1.807) is 6.07 Å². The Labute approximate surface area is 118 Å². The van der Waals surface area contributed by atoms with E-state index in [1.165, 1.54) is 0 Å². The highest BCUT2D eigenvalue weighted by molar-refractivity contribution is 7.85. The summed E-state index contributed by atoms with van der Waals surface area (Å²) in [5.41, 5.74) is 0. The second-order valence-corrected chi connectivity index (χ2v) is 6.88. The summed E-state index contributed by atoms with van der Waals surface area (Å²) in [6.45, 7) is 7.30. The monoisotopic (exact) mass is 287 g/mol. The molecule has 3 unspecified atom stereocenters. The molecule has 0 aliphatic carbocycles. The lowest BCUT2D eigenvalue weighted by molar-refractivity contribution is 0.508. The summed E-state index contributed by atoms with van der Waals surface area (Å²) >= 11 is 6.07. The van der Waals surface area contributed by atoms with Crippen LogP contribution in [0.2, 0.25) is 5.02 Å². The third-order valence-corrected chi connectivity index (χ3v) is 5.00. The van der Waals surface area contributed by atoms with Gasteiger partial charge >= 0.3 is 0 Å². The molecule has 0 spiro atoms. The second kappa shape index (κ2) is 7.93. The molecule has 0 fully saturated rings. The first-order valence-electron chi connectivity index (χ1n) is 6.44. The van der Waals surface area contributed by atoms with Crippen molar-refractivity contribution in [1.29, 1.82) is 0 Å². The van der Waals surface area contributed by atoms with Crippen LogP contribution in [-0.4, -0.2) is 22.0 Å². The standard InChI is InChI=1S/C14H22ClNOS/c1-4-9-16-11(2)10-12(3)18(17)14-8-6-5-7-13(14)15/h5-8,11-12,16H,4,9-10H2,1-3H3. The minimum Gasteiger partial charge on any atom is -0.314 e. The van der Waals surface area contributed by atoms with Crippen LogP contribution in [0, 0.1) is 0 Å². The molecule has 1 rings (SSSR count). The molecule has 0 aliphatic heterocycles. The van der Waals surface area contributed by atoms with Crippen LogP contribution in [0.3, 0.4) is 0 Å². The molecule has 0 heterocycles. The van der Waals surface area contributed by atoms with Crippen molar-refractivity contribution in [1.82, 2.24) is 5.32 Å². The smallest absolute Gasteiger partial charge is 0.0577 e. The molecule has 0 radical (unpaired) electrons. The molecular weight excluding hydrogens is 266 g/mol. The fourth-order valence-corrected chi connectivity index (χ4v) is 3.62. The van der Waals surface area contributed by atoms with Crippen molar-refractivity contribution in [3.8, 4) is 0 Å². The van der Waals surface area contributed by atoms with Gasteiger partial charge in [0.05, 0.1) is 20.7 Å². The molecule has 0 aromatic heterocycles. The predicted molar refractivity (Wildman–Crippen MR) is 79.7 cm³/mol. The quantitative estimate of drug-likeness (QED) is 0.830. The highest BCUT2D eigenvalue weighted by Gasteiger charge is 2.18. The highest BCUT2D eigenvalue weighted by atomic mass is 35.5. The summed E-state index contributed by atoms with van der Waals surface area (Å²) in [6.07, 6.45) is 2.00. The summed E-state index contributed by atoms with van der Waals surface area (Å²) in [6, 6.07) is 7.76. The van der Waals surface area contributed by atoms with Crippen LogP contribution in [0.25, 0.3) is 0 Å². The Balaban J connectivity index is 2.59. The van der Waals surface area contributed by atoms with E-state index in [1.807, 2.05) is 25.1 Å². The lowest BCUT2D eigenvalue weighted by Crippen LogP contribution is -2.31. The van der Waals surface area contributed by atoms with Gasteiger partial charge in [-0.1, -0.05) is 37.6 Å². The molecule has 0 saturated carbocycles. The number of rotatable bonds is 7. The van der Waals surface area contributed by atoms with Crippen molar-refractivity contribution in [3.05, 3.63) is 29.3 Å². The Bertz CT molecular complexity index is 397. The van der Waals surface area contributed by atoms with E-state index in [9.17, 15) is 4.21 Å². The Morgan fingerprint density at radius 1 is 1.33 bits per heavy atom. The first-order valence-corrected chi connectivity index (χ1v) is 8.03. The number of hydrogen-bond acceptors (Lipinski definition) is 2. The Hall–Kier alpha value is -0.380. The van der Waals surface area contributed by atoms with Gasteiger partial charge in [-0.25, -0.2) is 0 Å². The van der Waals surface area contributed by atoms with Crippen LogP contribution in [0.15, 0.2) is 29.2 Å². The van der Waals surface area contributed by atoms with Crippen molar-refractivity contribution >= 4 is 22.4 Å². The van der Waals surface area contributed by atoms with E-state index in [0.29, 0.717) is 11.1 Å². The maximum atomic E-state index is 12.4. The van der Waals surface area contributed by atoms with Crippen LogP contribution in [-0.2, 0) is 10.8 Å². The Morgan fingerprint density at radius 2 is 2.00 bits per heavy atom. The molecule has 2 nitrogen and oxygen atoms in total. The molecule has 102 valence electrons. The van der Waals surface area contributed by atoms with Gasteiger partial charge in [0.15, 0.2) is 0 Å². The van der Waals surface area contributed by atoms with E-state index in [-0.39, 0.29) is 5.25 Å². The van der Waals surface area contributed by atoms with E-state index in [2.05, 4.69) is 19.2 Å². The topological polar surface area (TPSA) is 29.1 Å². The number of benzene rings is 1. The van der Waals surface area contributed by atoms with Crippen LogP contribution in [0.5, 0.6) is 0 Å². The number of nitrogens with one attached hydrogen (secondary N) is 1. The zero-order valence-corrected chi connectivity index (χ0v) is 12.9. The third kappa shape index (κ3) is 4.71. The maximum Gasteiger partial charge on any atom is 0.0577 e. The summed E-state index contributed by atoms with van der Waals surface area (Å²) in [4.78, 5) is 0.745. The summed E-state index contributed by atoms with van der Waals surface area (Å²) < 4.78 is 12.4. The molecule has 0 saturated heterocycles. The molecule has 4 heteroatoms. The minimum atomic E-state index is -1.04. The Kier molecular flexibility index (Phi) is 6.90. The molecule has 0 bridgehead atoms. The molecule has 0 amide bonds. The first kappa shape index (κ1) is 15.7. The zero-order chi connectivity index (χ0) is 13.5. The summed E-state index contributed by atoms with van der Waals surface area (Å²) in [5, 5.41) is 4.11. The van der Waals surface area contributed by atoms with Gasteiger partial charge in [0.2, 0.25) is 0 Å². The lowest BCUT2D eigenvalue weighted by Gasteiger charge is -2.18. The van der Waals surface area contributed by atoms with E-state index < -0.39 is 10.8 Å². The first-order chi connectivity index (χ1) is 8.56. The van der Waals surface area contributed by atoms with Crippen molar-refractivity contribution in [2.45, 2.75) is 49.8 Å². The van der Waals surface area contributed by atoms with E-state index in [0.717, 1.165) is 24.3 Å². The van der Waals surface area contributed by atoms with Gasteiger partial charge in [-0.05, 0) is 38.4 Å². The van der Waals surface area contributed by atoms with E-state index >= 15 is 0 Å². The normalized spacial score (nSPS) is 16.2. The van der Waals surface area contributed by atoms with Gasteiger partial charge in [-0.2, -0.15) is 0 Å². The van der Waals surface area contributed by atoms with Gasteiger partial charge in [0.25, 0.3) is 0 Å². The predicted octanol–water partition coefficient (Wildman–Crippen LogP) is 3.61. The molecule has 1 aromatic rings. The van der Waals surface area contributed by atoms with Crippen molar-refractivity contribution in [2.75, 3.05) is 6.54 Å². The largest absolute Gasteiger partial charge is 0.314 e. The summed E-state index contributed by atoms with van der Waals surface area (Å²) in [7, 11) is -1.04. The van der Waals surface area contributed by atoms with Gasteiger partial charge in [0.1, 0.15) is 0 Å². The van der Waals surface area contributed by atoms with Crippen LogP contribution >= 0.6 is 11.6 Å². The van der Waals surface area contributed by atoms with Gasteiger partial charge in [-0.3, -0.25) is 4.21 Å². The zero-order valence-electron chi connectivity index (χ0n) is 11.3. The van der Waals surface area contributed by atoms with Gasteiger partial charge in [0, 0.05) is 11.3 Å². The number of halogens is 1. The SMILES string of the molecule is CCCNC(C)CC(C)S(=O)c1ccccc1Cl. The molecule has 1 aromatic carbocycles.